The lowest BCUT2D eigenvalue weighted by Crippen LogP contribution is -2.04. The summed E-state index contributed by atoms with van der Waals surface area (Å²) in [6, 6.07) is 13.2. The topological polar surface area (TPSA) is 75.6 Å². The largest absolute Gasteiger partial charge is 0.478 e. The van der Waals surface area contributed by atoms with Gasteiger partial charge in [-0.1, -0.05) is 18.2 Å². The van der Waals surface area contributed by atoms with E-state index >= 15 is 0 Å². The first kappa shape index (κ1) is 13.6. The van der Waals surface area contributed by atoms with Gasteiger partial charge in [0, 0.05) is 5.69 Å². The lowest BCUT2D eigenvalue weighted by atomic mass is 10.1. The molecule has 0 unspecified atom stereocenters. The zero-order chi connectivity index (χ0) is 14.5. The molecule has 2 rings (SSSR count). The molecule has 0 heterocycles. The van der Waals surface area contributed by atoms with Crippen LogP contribution in [0.4, 0.5) is 11.4 Å². The minimum Gasteiger partial charge on any atom is -0.478 e. The summed E-state index contributed by atoms with van der Waals surface area (Å²) in [5.74, 6) is -1.46. The first-order valence-electron chi connectivity index (χ1n) is 5.89. The second kappa shape index (κ2) is 5.88. The normalized spacial score (nSPS) is 9.85. The van der Waals surface area contributed by atoms with Gasteiger partial charge < -0.3 is 15.2 Å². The molecule has 0 radical (unpaired) electrons. The molecule has 0 bridgehead atoms. The molecule has 0 aliphatic carbocycles. The van der Waals surface area contributed by atoms with Crippen molar-refractivity contribution in [3.63, 3.8) is 0 Å². The van der Waals surface area contributed by atoms with Gasteiger partial charge in [-0.05, 0) is 30.3 Å². The Hall–Kier alpha value is -2.82. The lowest BCUT2D eigenvalue weighted by Gasteiger charge is -2.10. The molecule has 0 saturated carbocycles. The highest BCUT2D eigenvalue weighted by molar-refractivity contribution is 5.95. The van der Waals surface area contributed by atoms with E-state index in [9.17, 15) is 9.59 Å². The van der Waals surface area contributed by atoms with Gasteiger partial charge in [-0.2, -0.15) is 0 Å². The fourth-order valence-electron chi connectivity index (χ4n) is 1.78. The zero-order valence-corrected chi connectivity index (χ0v) is 10.8. The third-order valence-corrected chi connectivity index (χ3v) is 2.72. The first-order chi connectivity index (χ1) is 9.61. The van der Waals surface area contributed by atoms with Crippen molar-refractivity contribution in [1.29, 1.82) is 0 Å². The monoisotopic (exact) mass is 271 g/mol. The third kappa shape index (κ3) is 2.95. The van der Waals surface area contributed by atoms with Crippen molar-refractivity contribution in [1.82, 2.24) is 0 Å². The molecule has 102 valence electrons. The number of esters is 1. The zero-order valence-electron chi connectivity index (χ0n) is 10.8. The van der Waals surface area contributed by atoms with Gasteiger partial charge in [0.15, 0.2) is 0 Å². The summed E-state index contributed by atoms with van der Waals surface area (Å²) in [7, 11) is 1.31. The number of carbonyl (C=O) groups is 2. The first-order valence-corrected chi connectivity index (χ1v) is 5.89. The number of carbonyl (C=O) groups excluding carboxylic acids is 1. The van der Waals surface area contributed by atoms with Crippen LogP contribution in [0.25, 0.3) is 0 Å². The summed E-state index contributed by atoms with van der Waals surface area (Å²) in [6.07, 6.45) is 0. The Morgan fingerprint density at radius 1 is 1.10 bits per heavy atom. The number of hydrogen-bond donors (Lipinski definition) is 2. The molecule has 0 amide bonds. The molecule has 5 heteroatoms. The van der Waals surface area contributed by atoms with E-state index in [2.05, 4.69) is 10.1 Å². The van der Waals surface area contributed by atoms with Crippen molar-refractivity contribution in [2.24, 2.45) is 0 Å². The molecule has 2 aromatic carbocycles. The summed E-state index contributed by atoms with van der Waals surface area (Å²) >= 11 is 0. The smallest absolute Gasteiger partial charge is 0.337 e. The van der Waals surface area contributed by atoms with Crippen LogP contribution in [0.2, 0.25) is 0 Å². The molecule has 2 N–H and O–H groups in total. The van der Waals surface area contributed by atoms with E-state index in [0.717, 1.165) is 0 Å². The number of aromatic carboxylic acids is 1. The molecule has 2 aromatic rings. The van der Waals surface area contributed by atoms with Crippen LogP contribution < -0.4 is 5.32 Å². The maximum Gasteiger partial charge on any atom is 0.337 e. The van der Waals surface area contributed by atoms with Crippen LogP contribution in [0.15, 0.2) is 48.5 Å². The highest BCUT2D eigenvalue weighted by Gasteiger charge is 2.10. The highest BCUT2D eigenvalue weighted by atomic mass is 16.5. The average Bonchev–Trinajstić information content (AvgIpc) is 2.47. The molecule has 0 aromatic heterocycles. The quantitative estimate of drug-likeness (QED) is 0.836. The second-order valence-electron chi connectivity index (χ2n) is 4.05. The Labute approximate surface area is 115 Å². The fraction of sp³-hybridized carbons (Fsp3) is 0.0667. The molecule has 0 atom stereocenters. The van der Waals surface area contributed by atoms with Gasteiger partial charge in [0.2, 0.25) is 0 Å². The molecule has 0 fully saturated rings. The van der Waals surface area contributed by atoms with Gasteiger partial charge in [0.25, 0.3) is 0 Å². The number of rotatable bonds is 4. The standard InChI is InChI=1S/C15H13NO4/c1-20-15(19)10-5-4-6-11(9-10)16-13-8-3-2-7-12(13)14(17)18/h2-9,16H,1H3,(H,17,18). The van der Waals surface area contributed by atoms with Crippen LogP contribution >= 0.6 is 0 Å². The highest BCUT2D eigenvalue weighted by Crippen LogP contribution is 2.21. The Bertz CT molecular complexity index is 652. The maximum atomic E-state index is 11.4. The van der Waals surface area contributed by atoms with Gasteiger partial charge in [-0.25, -0.2) is 9.59 Å². The van der Waals surface area contributed by atoms with Gasteiger partial charge in [-0.3, -0.25) is 0 Å². The molecule has 0 saturated heterocycles. The lowest BCUT2D eigenvalue weighted by molar-refractivity contribution is 0.0600. The Balaban J connectivity index is 2.31. The third-order valence-electron chi connectivity index (χ3n) is 2.72. The SMILES string of the molecule is COC(=O)c1cccc(Nc2ccccc2C(=O)O)c1. The van der Waals surface area contributed by atoms with E-state index in [1.807, 2.05) is 0 Å². The summed E-state index contributed by atoms with van der Waals surface area (Å²) in [5, 5.41) is 12.1. The van der Waals surface area contributed by atoms with Crippen LogP contribution in [-0.4, -0.2) is 24.2 Å². The van der Waals surface area contributed by atoms with Gasteiger partial charge >= 0.3 is 11.9 Å². The molecule has 0 aliphatic heterocycles. The van der Waals surface area contributed by atoms with Crippen LogP contribution in [0.5, 0.6) is 0 Å². The number of methoxy groups -OCH3 is 1. The number of nitrogens with one attached hydrogen (secondary N) is 1. The van der Waals surface area contributed by atoms with Gasteiger partial charge in [-0.15, -0.1) is 0 Å². The number of carboxylic acid groups (broad SMARTS) is 1. The van der Waals surface area contributed by atoms with Crippen LogP contribution in [0.1, 0.15) is 20.7 Å². The van der Waals surface area contributed by atoms with E-state index in [4.69, 9.17) is 5.11 Å². The fourth-order valence-corrected chi connectivity index (χ4v) is 1.78. The maximum absolute atomic E-state index is 11.4. The van der Waals surface area contributed by atoms with Crippen molar-refractivity contribution in [3.8, 4) is 0 Å². The van der Waals surface area contributed by atoms with E-state index in [0.29, 0.717) is 16.9 Å². The summed E-state index contributed by atoms with van der Waals surface area (Å²) in [4.78, 5) is 22.6. The second-order valence-corrected chi connectivity index (χ2v) is 4.05. The molecule has 0 aliphatic rings. The van der Waals surface area contributed by atoms with E-state index in [1.165, 1.54) is 13.2 Å². The van der Waals surface area contributed by atoms with Crippen molar-refractivity contribution in [3.05, 3.63) is 59.7 Å². The number of carboxylic acids is 1. The van der Waals surface area contributed by atoms with Crippen molar-refractivity contribution >= 4 is 23.3 Å². The van der Waals surface area contributed by atoms with Crippen LogP contribution in [-0.2, 0) is 4.74 Å². The molecular formula is C15H13NO4. The number of hydrogen-bond acceptors (Lipinski definition) is 4. The summed E-state index contributed by atoms with van der Waals surface area (Å²) in [5.41, 5.74) is 1.63. The summed E-state index contributed by atoms with van der Waals surface area (Å²) in [6.45, 7) is 0. The Kier molecular flexibility index (Phi) is 4.00. The molecular weight excluding hydrogens is 258 g/mol. The predicted molar refractivity (Wildman–Crippen MR) is 74.5 cm³/mol. The minimum absolute atomic E-state index is 0.163. The molecule has 5 nitrogen and oxygen atoms in total. The van der Waals surface area contributed by atoms with Crippen molar-refractivity contribution < 1.29 is 19.4 Å². The van der Waals surface area contributed by atoms with Gasteiger partial charge in [0.05, 0.1) is 23.9 Å². The van der Waals surface area contributed by atoms with Crippen LogP contribution in [0, 0.1) is 0 Å². The summed E-state index contributed by atoms with van der Waals surface area (Å²) < 4.78 is 4.64. The van der Waals surface area contributed by atoms with Crippen LogP contribution in [0.3, 0.4) is 0 Å². The predicted octanol–water partition coefficient (Wildman–Crippen LogP) is 2.92. The number of benzene rings is 2. The van der Waals surface area contributed by atoms with Gasteiger partial charge in [0.1, 0.15) is 0 Å². The van der Waals surface area contributed by atoms with E-state index < -0.39 is 11.9 Å². The number of para-hydroxylation sites is 1. The molecule has 0 spiro atoms. The van der Waals surface area contributed by atoms with Crippen molar-refractivity contribution in [2.75, 3.05) is 12.4 Å². The van der Waals surface area contributed by atoms with E-state index in [1.54, 1.807) is 42.5 Å². The molecule has 20 heavy (non-hydrogen) atoms. The van der Waals surface area contributed by atoms with E-state index in [-0.39, 0.29) is 5.56 Å². The number of ether oxygens (including phenoxy) is 1. The number of anilines is 2. The van der Waals surface area contributed by atoms with Crippen molar-refractivity contribution in [2.45, 2.75) is 0 Å². The minimum atomic E-state index is -1.02. The Morgan fingerprint density at radius 3 is 2.55 bits per heavy atom. The Morgan fingerprint density at radius 2 is 1.85 bits per heavy atom. The average molecular weight is 271 g/mol.